The lowest BCUT2D eigenvalue weighted by atomic mass is 10.1. The van der Waals surface area contributed by atoms with Crippen LogP contribution in [-0.2, 0) is 0 Å². The Morgan fingerprint density at radius 2 is 2.05 bits per heavy atom. The van der Waals surface area contributed by atoms with E-state index in [4.69, 9.17) is 0 Å². The molecule has 22 heavy (non-hydrogen) atoms. The third-order valence-electron chi connectivity index (χ3n) is 3.95. The first-order valence-electron chi connectivity index (χ1n) is 7.48. The van der Waals surface area contributed by atoms with Gasteiger partial charge in [-0.3, -0.25) is 9.78 Å². The number of carbonyl (C=O) groups is 1. The molecule has 0 radical (unpaired) electrons. The molecule has 1 amide bonds. The monoisotopic (exact) mass is 308 g/mol. The number of fused-ring (bicyclic) bond motifs is 1. The second kappa shape index (κ2) is 5.21. The number of nitrogens with zero attached hydrogens (tertiary/aromatic N) is 1. The fourth-order valence-corrected chi connectivity index (χ4v) is 3.69. The zero-order chi connectivity index (χ0) is 15.1. The lowest BCUT2D eigenvalue weighted by Gasteiger charge is -2.06. The lowest BCUT2D eigenvalue weighted by Crippen LogP contribution is -2.12. The van der Waals surface area contributed by atoms with E-state index in [0.29, 0.717) is 5.56 Å². The summed E-state index contributed by atoms with van der Waals surface area (Å²) < 4.78 is 0. The molecule has 1 aliphatic carbocycles. The maximum atomic E-state index is 12.6. The number of thiophene rings is 1. The molecular formula is C18H16N2OS. The van der Waals surface area contributed by atoms with Gasteiger partial charge in [-0.15, -0.1) is 11.3 Å². The zero-order valence-corrected chi connectivity index (χ0v) is 13.1. The summed E-state index contributed by atoms with van der Waals surface area (Å²) in [5.74, 6) is 0.630. The molecule has 0 atom stereocenters. The largest absolute Gasteiger partial charge is 0.313 e. The molecule has 4 heteroatoms. The van der Waals surface area contributed by atoms with E-state index in [-0.39, 0.29) is 5.91 Å². The van der Waals surface area contributed by atoms with Crippen molar-refractivity contribution in [1.29, 1.82) is 0 Å². The number of pyridine rings is 1. The highest BCUT2D eigenvalue weighted by Gasteiger charge is 2.25. The number of hydrogen-bond acceptors (Lipinski definition) is 3. The van der Waals surface area contributed by atoms with E-state index in [9.17, 15) is 4.79 Å². The Balaban J connectivity index is 1.65. The van der Waals surface area contributed by atoms with Gasteiger partial charge >= 0.3 is 0 Å². The molecule has 0 aliphatic heterocycles. The van der Waals surface area contributed by atoms with Crippen molar-refractivity contribution in [1.82, 2.24) is 4.98 Å². The van der Waals surface area contributed by atoms with Gasteiger partial charge in [-0.2, -0.15) is 0 Å². The Morgan fingerprint density at radius 3 is 2.86 bits per heavy atom. The SMILES string of the molecule is Cc1ccc2cccc(C(=O)Nc3ccc(C4CC4)s3)c2n1. The Labute approximate surface area is 133 Å². The maximum Gasteiger partial charge on any atom is 0.258 e. The van der Waals surface area contributed by atoms with Crippen LogP contribution in [0.1, 0.15) is 39.7 Å². The quantitative estimate of drug-likeness (QED) is 0.759. The highest BCUT2D eigenvalue weighted by Crippen LogP contribution is 2.44. The number of carbonyl (C=O) groups excluding carboxylic acids is 1. The van der Waals surface area contributed by atoms with Crippen LogP contribution in [0, 0.1) is 6.92 Å². The molecule has 0 bridgehead atoms. The summed E-state index contributed by atoms with van der Waals surface area (Å²) in [5.41, 5.74) is 2.31. The molecule has 1 aliphatic rings. The van der Waals surface area contributed by atoms with Gasteiger partial charge in [-0.05, 0) is 49.9 Å². The predicted octanol–water partition coefficient (Wildman–Crippen LogP) is 4.73. The van der Waals surface area contributed by atoms with E-state index in [1.807, 2.05) is 43.3 Å². The second-order valence-electron chi connectivity index (χ2n) is 5.76. The van der Waals surface area contributed by atoms with Crippen LogP contribution in [0.2, 0.25) is 0 Å². The topological polar surface area (TPSA) is 42.0 Å². The number of para-hydroxylation sites is 1. The highest BCUT2D eigenvalue weighted by molar-refractivity contribution is 7.16. The number of hydrogen-bond donors (Lipinski definition) is 1. The minimum absolute atomic E-state index is 0.0899. The van der Waals surface area contributed by atoms with Gasteiger partial charge in [0, 0.05) is 16.0 Å². The lowest BCUT2D eigenvalue weighted by molar-refractivity contribution is 0.102. The van der Waals surface area contributed by atoms with Crippen molar-refractivity contribution in [2.45, 2.75) is 25.7 Å². The molecule has 1 saturated carbocycles. The van der Waals surface area contributed by atoms with Crippen molar-refractivity contribution in [2.75, 3.05) is 5.32 Å². The summed E-state index contributed by atoms with van der Waals surface area (Å²) in [6, 6.07) is 13.8. The smallest absolute Gasteiger partial charge is 0.258 e. The van der Waals surface area contributed by atoms with E-state index in [1.165, 1.54) is 17.7 Å². The van der Waals surface area contributed by atoms with E-state index in [1.54, 1.807) is 11.3 Å². The van der Waals surface area contributed by atoms with Gasteiger partial charge in [0.2, 0.25) is 0 Å². The van der Waals surface area contributed by atoms with Crippen LogP contribution in [0.15, 0.2) is 42.5 Å². The number of benzene rings is 1. The number of rotatable bonds is 3. The van der Waals surface area contributed by atoms with Crippen LogP contribution in [-0.4, -0.2) is 10.9 Å². The van der Waals surface area contributed by atoms with E-state index < -0.39 is 0 Å². The molecule has 1 fully saturated rings. The fourth-order valence-electron chi connectivity index (χ4n) is 2.61. The Hall–Kier alpha value is -2.20. The maximum absolute atomic E-state index is 12.6. The first-order chi connectivity index (χ1) is 10.7. The number of nitrogens with one attached hydrogen (secondary N) is 1. The van der Waals surface area contributed by atoms with E-state index >= 15 is 0 Å². The van der Waals surface area contributed by atoms with E-state index in [0.717, 1.165) is 27.5 Å². The molecule has 1 aromatic carbocycles. The summed E-state index contributed by atoms with van der Waals surface area (Å²) >= 11 is 1.68. The van der Waals surface area contributed by atoms with Crippen molar-refractivity contribution in [3.05, 3.63) is 58.6 Å². The molecule has 2 aromatic heterocycles. The molecule has 4 rings (SSSR count). The molecule has 3 aromatic rings. The minimum atomic E-state index is -0.0899. The molecular weight excluding hydrogens is 292 g/mol. The fraction of sp³-hybridized carbons (Fsp3) is 0.222. The van der Waals surface area contributed by atoms with Crippen molar-refractivity contribution in [3.8, 4) is 0 Å². The highest BCUT2D eigenvalue weighted by atomic mass is 32.1. The Bertz CT molecular complexity index is 864. The number of aryl methyl sites for hydroxylation is 1. The van der Waals surface area contributed by atoms with Gasteiger partial charge in [-0.25, -0.2) is 0 Å². The third-order valence-corrected chi connectivity index (χ3v) is 5.11. The number of amides is 1. The van der Waals surface area contributed by atoms with Crippen LogP contribution < -0.4 is 5.32 Å². The average molecular weight is 308 g/mol. The van der Waals surface area contributed by atoms with Crippen molar-refractivity contribution >= 4 is 33.1 Å². The van der Waals surface area contributed by atoms with Crippen LogP contribution in [0.4, 0.5) is 5.00 Å². The van der Waals surface area contributed by atoms with Gasteiger partial charge in [0.15, 0.2) is 0 Å². The molecule has 3 nitrogen and oxygen atoms in total. The standard InChI is InChI=1S/C18H16N2OS/c1-11-5-6-13-3-2-4-14(17(13)19-11)18(21)20-16-10-9-15(22-16)12-7-8-12/h2-6,9-10,12H,7-8H2,1H3,(H,20,21). The van der Waals surface area contributed by atoms with Gasteiger partial charge in [0.25, 0.3) is 5.91 Å². The van der Waals surface area contributed by atoms with Crippen LogP contribution in [0.25, 0.3) is 10.9 Å². The first kappa shape index (κ1) is 13.5. The Morgan fingerprint density at radius 1 is 1.18 bits per heavy atom. The molecule has 0 saturated heterocycles. The van der Waals surface area contributed by atoms with Gasteiger partial charge in [0.05, 0.1) is 16.1 Å². The second-order valence-corrected chi connectivity index (χ2v) is 6.88. The van der Waals surface area contributed by atoms with Gasteiger partial charge in [-0.1, -0.05) is 18.2 Å². The number of anilines is 1. The first-order valence-corrected chi connectivity index (χ1v) is 8.30. The molecule has 1 N–H and O–H groups in total. The van der Waals surface area contributed by atoms with Gasteiger partial charge in [0.1, 0.15) is 0 Å². The van der Waals surface area contributed by atoms with Crippen molar-refractivity contribution < 1.29 is 4.79 Å². The Kier molecular flexibility index (Phi) is 3.19. The molecule has 0 unspecified atom stereocenters. The minimum Gasteiger partial charge on any atom is -0.313 e. The van der Waals surface area contributed by atoms with Crippen LogP contribution in [0.3, 0.4) is 0 Å². The van der Waals surface area contributed by atoms with Crippen molar-refractivity contribution in [2.24, 2.45) is 0 Å². The third kappa shape index (κ3) is 2.50. The van der Waals surface area contributed by atoms with E-state index in [2.05, 4.69) is 16.4 Å². The molecule has 110 valence electrons. The molecule has 0 spiro atoms. The summed E-state index contributed by atoms with van der Waals surface area (Å²) in [7, 11) is 0. The summed E-state index contributed by atoms with van der Waals surface area (Å²) in [6.07, 6.45) is 2.56. The van der Waals surface area contributed by atoms with Crippen LogP contribution >= 0.6 is 11.3 Å². The summed E-state index contributed by atoms with van der Waals surface area (Å²) in [4.78, 5) is 18.5. The summed E-state index contributed by atoms with van der Waals surface area (Å²) in [6.45, 7) is 1.94. The van der Waals surface area contributed by atoms with Crippen molar-refractivity contribution in [3.63, 3.8) is 0 Å². The van der Waals surface area contributed by atoms with Crippen LogP contribution in [0.5, 0.6) is 0 Å². The number of aromatic nitrogens is 1. The predicted molar refractivity (Wildman–Crippen MR) is 90.7 cm³/mol. The zero-order valence-electron chi connectivity index (χ0n) is 12.3. The summed E-state index contributed by atoms with van der Waals surface area (Å²) in [5, 5.41) is 4.91. The van der Waals surface area contributed by atoms with Gasteiger partial charge < -0.3 is 5.32 Å². The molecule has 2 heterocycles. The normalized spacial score (nSPS) is 14.2. The average Bonchev–Trinajstić information content (AvgIpc) is 3.27.